The SMILES string of the molecule is COc1cc(C)ccc1Oc1ccc(NC(=O)c2cn(C)c3ccccc23)cn1. The van der Waals surface area contributed by atoms with Crippen molar-refractivity contribution in [1.29, 1.82) is 0 Å². The number of ether oxygens (including phenoxy) is 2. The van der Waals surface area contributed by atoms with E-state index in [4.69, 9.17) is 9.47 Å². The molecular formula is C23H21N3O3. The molecule has 0 aliphatic heterocycles. The number of rotatable bonds is 5. The predicted octanol–water partition coefficient (Wildman–Crippen LogP) is 4.93. The molecule has 0 unspecified atom stereocenters. The van der Waals surface area contributed by atoms with E-state index in [1.54, 1.807) is 25.4 Å². The minimum atomic E-state index is -0.183. The number of fused-ring (bicyclic) bond motifs is 1. The number of hydrogen-bond donors (Lipinski definition) is 1. The summed E-state index contributed by atoms with van der Waals surface area (Å²) in [5.74, 6) is 1.45. The number of aryl methyl sites for hydroxylation is 2. The summed E-state index contributed by atoms with van der Waals surface area (Å²) in [4.78, 5) is 17.0. The average Bonchev–Trinajstić information content (AvgIpc) is 3.08. The van der Waals surface area contributed by atoms with Crippen LogP contribution in [0, 0.1) is 6.92 Å². The minimum Gasteiger partial charge on any atom is -0.493 e. The van der Waals surface area contributed by atoms with Crippen molar-refractivity contribution in [2.45, 2.75) is 6.92 Å². The van der Waals surface area contributed by atoms with E-state index < -0.39 is 0 Å². The highest BCUT2D eigenvalue weighted by Gasteiger charge is 2.14. The fraction of sp³-hybridized carbons (Fsp3) is 0.130. The molecule has 1 amide bonds. The third kappa shape index (κ3) is 3.78. The zero-order valence-electron chi connectivity index (χ0n) is 16.5. The highest BCUT2D eigenvalue weighted by molar-refractivity contribution is 6.12. The summed E-state index contributed by atoms with van der Waals surface area (Å²) in [5, 5.41) is 3.80. The van der Waals surface area contributed by atoms with Crippen LogP contribution < -0.4 is 14.8 Å². The molecule has 2 aromatic carbocycles. The van der Waals surface area contributed by atoms with Gasteiger partial charge in [0, 0.05) is 30.2 Å². The Morgan fingerprint density at radius 3 is 2.66 bits per heavy atom. The summed E-state index contributed by atoms with van der Waals surface area (Å²) in [7, 11) is 3.52. The van der Waals surface area contributed by atoms with Gasteiger partial charge in [0.2, 0.25) is 5.88 Å². The lowest BCUT2D eigenvalue weighted by molar-refractivity contribution is 0.102. The van der Waals surface area contributed by atoms with E-state index in [1.807, 2.05) is 67.2 Å². The zero-order valence-corrected chi connectivity index (χ0v) is 16.5. The molecule has 4 rings (SSSR count). The van der Waals surface area contributed by atoms with E-state index in [1.165, 1.54) is 0 Å². The van der Waals surface area contributed by atoms with E-state index in [2.05, 4.69) is 10.3 Å². The van der Waals surface area contributed by atoms with Gasteiger partial charge in [-0.2, -0.15) is 0 Å². The van der Waals surface area contributed by atoms with Gasteiger partial charge >= 0.3 is 0 Å². The maximum absolute atomic E-state index is 12.7. The molecule has 0 fully saturated rings. The highest BCUT2D eigenvalue weighted by Crippen LogP contribution is 2.31. The van der Waals surface area contributed by atoms with Gasteiger partial charge in [-0.1, -0.05) is 24.3 Å². The Kier molecular flexibility index (Phi) is 4.91. The van der Waals surface area contributed by atoms with E-state index in [0.29, 0.717) is 28.6 Å². The Morgan fingerprint density at radius 2 is 1.90 bits per heavy atom. The Morgan fingerprint density at radius 1 is 1.07 bits per heavy atom. The van der Waals surface area contributed by atoms with Crippen molar-refractivity contribution >= 4 is 22.5 Å². The molecule has 29 heavy (non-hydrogen) atoms. The lowest BCUT2D eigenvalue weighted by Gasteiger charge is -2.11. The van der Waals surface area contributed by atoms with Crippen molar-refractivity contribution < 1.29 is 14.3 Å². The van der Waals surface area contributed by atoms with Gasteiger partial charge < -0.3 is 19.4 Å². The van der Waals surface area contributed by atoms with Crippen LogP contribution in [-0.4, -0.2) is 22.6 Å². The number of nitrogens with one attached hydrogen (secondary N) is 1. The van der Waals surface area contributed by atoms with Crippen molar-refractivity contribution in [3.63, 3.8) is 0 Å². The van der Waals surface area contributed by atoms with Gasteiger partial charge in [-0.3, -0.25) is 4.79 Å². The van der Waals surface area contributed by atoms with Crippen molar-refractivity contribution in [3.05, 3.63) is 78.1 Å². The van der Waals surface area contributed by atoms with Crippen LogP contribution >= 0.6 is 0 Å². The first-order valence-electron chi connectivity index (χ1n) is 9.19. The number of aromatic nitrogens is 2. The molecular weight excluding hydrogens is 366 g/mol. The summed E-state index contributed by atoms with van der Waals surface area (Å²) in [6.07, 6.45) is 3.40. The number of anilines is 1. The Bertz CT molecular complexity index is 1180. The van der Waals surface area contributed by atoms with E-state index in [9.17, 15) is 4.79 Å². The van der Waals surface area contributed by atoms with Crippen LogP contribution in [0.1, 0.15) is 15.9 Å². The number of para-hydroxylation sites is 1. The van der Waals surface area contributed by atoms with Gasteiger partial charge in [0.1, 0.15) is 0 Å². The van der Waals surface area contributed by atoms with Crippen LogP contribution in [0.15, 0.2) is 67.0 Å². The number of hydrogen-bond acceptors (Lipinski definition) is 4. The largest absolute Gasteiger partial charge is 0.493 e. The Balaban J connectivity index is 1.50. The molecule has 1 N–H and O–H groups in total. The first-order valence-corrected chi connectivity index (χ1v) is 9.19. The van der Waals surface area contributed by atoms with Crippen LogP contribution in [0.2, 0.25) is 0 Å². The predicted molar refractivity (Wildman–Crippen MR) is 113 cm³/mol. The third-order valence-corrected chi connectivity index (χ3v) is 4.67. The standard InChI is InChI=1S/C23H21N3O3/c1-15-8-10-20(21(12-15)28-3)29-22-11-9-16(13-24-22)25-23(27)18-14-26(2)19-7-5-4-6-17(18)19/h4-14H,1-3H3,(H,25,27). The second kappa shape index (κ2) is 7.67. The molecule has 0 spiro atoms. The lowest BCUT2D eigenvalue weighted by atomic mass is 10.1. The summed E-state index contributed by atoms with van der Waals surface area (Å²) >= 11 is 0. The number of nitrogens with zero attached hydrogens (tertiary/aromatic N) is 2. The minimum absolute atomic E-state index is 0.183. The molecule has 0 saturated heterocycles. The van der Waals surface area contributed by atoms with Crippen LogP contribution in [0.25, 0.3) is 10.9 Å². The van der Waals surface area contributed by atoms with E-state index >= 15 is 0 Å². The fourth-order valence-corrected chi connectivity index (χ4v) is 3.21. The second-order valence-corrected chi connectivity index (χ2v) is 6.77. The summed E-state index contributed by atoms with van der Waals surface area (Å²) in [5.41, 5.74) is 3.29. The van der Waals surface area contributed by atoms with E-state index in [0.717, 1.165) is 16.5 Å². The van der Waals surface area contributed by atoms with Crippen molar-refractivity contribution in [2.24, 2.45) is 7.05 Å². The normalized spacial score (nSPS) is 10.7. The van der Waals surface area contributed by atoms with Crippen LogP contribution in [-0.2, 0) is 7.05 Å². The van der Waals surface area contributed by atoms with Crippen molar-refractivity contribution in [2.75, 3.05) is 12.4 Å². The summed E-state index contributed by atoms with van der Waals surface area (Å²) in [6.45, 7) is 1.98. The molecule has 0 aliphatic carbocycles. The van der Waals surface area contributed by atoms with Gasteiger partial charge in [0.15, 0.2) is 11.5 Å². The third-order valence-electron chi connectivity index (χ3n) is 4.67. The molecule has 4 aromatic rings. The highest BCUT2D eigenvalue weighted by atomic mass is 16.5. The number of carbonyl (C=O) groups is 1. The fourth-order valence-electron chi connectivity index (χ4n) is 3.21. The molecule has 6 heteroatoms. The van der Waals surface area contributed by atoms with E-state index in [-0.39, 0.29) is 5.91 Å². The molecule has 6 nitrogen and oxygen atoms in total. The summed E-state index contributed by atoms with van der Waals surface area (Å²) < 4.78 is 13.1. The average molecular weight is 387 g/mol. The lowest BCUT2D eigenvalue weighted by Crippen LogP contribution is -2.11. The first kappa shape index (κ1) is 18.6. The number of amides is 1. The molecule has 146 valence electrons. The maximum Gasteiger partial charge on any atom is 0.257 e. The quantitative estimate of drug-likeness (QED) is 0.527. The van der Waals surface area contributed by atoms with Gasteiger partial charge in [-0.25, -0.2) is 4.98 Å². The number of methoxy groups -OCH3 is 1. The molecule has 2 aromatic heterocycles. The first-order chi connectivity index (χ1) is 14.0. The molecule has 0 aliphatic rings. The number of pyridine rings is 1. The van der Waals surface area contributed by atoms with Crippen molar-refractivity contribution in [1.82, 2.24) is 9.55 Å². The Hall–Kier alpha value is -3.80. The molecule has 0 bridgehead atoms. The topological polar surface area (TPSA) is 65.4 Å². The maximum atomic E-state index is 12.7. The van der Waals surface area contributed by atoms with Gasteiger partial charge in [-0.15, -0.1) is 0 Å². The molecule has 0 saturated carbocycles. The number of benzene rings is 2. The van der Waals surface area contributed by atoms with Crippen LogP contribution in [0.3, 0.4) is 0 Å². The smallest absolute Gasteiger partial charge is 0.257 e. The monoisotopic (exact) mass is 387 g/mol. The Labute approximate surface area is 168 Å². The van der Waals surface area contributed by atoms with Crippen LogP contribution in [0.5, 0.6) is 17.4 Å². The number of carbonyl (C=O) groups excluding carboxylic acids is 1. The van der Waals surface area contributed by atoms with Gasteiger partial charge in [0.25, 0.3) is 5.91 Å². The molecule has 0 radical (unpaired) electrons. The molecule has 0 atom stereocenters. The second-order valence-electron chi connectivity index (χ2n) is 6.77. The van der Waals surface area contributed by atoms with Gasteiger partial charge in [-0.05, 0) is 36.8 Å². The van der Waals surface area contributed by atoms with Crippen LogP contribution in [0.4, 0.5) is 5.69 Å². The molecule has 2 heterocycles. The summed E-state index contributed by atoms with van der Waals surface area (Å²) in [6, 6.07) is 16.9. The van der Waals surface area contributed by atoms with Gasteiger partial charge in [0.05, 0.1) is 24.6 Å². The van der Waals surface area contributed by atoms with Crippen molar-refractivity contribution in [3.8, 4) is 17.4 Å². The zero-order chi connectivity index (χ0) is 20.4.